The molecule has 1 aromatic heterocycles. The molecule has 3 N–H and O–H groups in total. The van der Waals surface area contributed by atoms with Crippen molar-refractivity contribution in [3.63, 3.8) is 0 Å². The van der Waals surface area contributed by atoms with Gasteiger partial charge in [-0.05, 0) is 38.5 Å². The summed E-state index contributed by atoms with van der Waals surface area (Å²) in [5.41, 5.74) is 8.34. The third-order valence-corrected chi connectivity index (χ3v) is 3.75. The van der Waals surface area contributed by atoms with Crippen LogP contribution in [-0.2, 0) is 0 Å². The van der Waals surface area contributed by atoms with Gasteiger partial charge >= 0.3 is 0 Å². The number of nitrogens with two attached hydrogens (primary N) is 1. The van der Waals surface area contributed by atoms with E-state index < -0.39 is 0 Å². The summed E-state index contributed by atoms with van der Waals surface area (Å²) in [5, 5.41) is 5.35. The molecule has 4 nitrogen and oxygen atoms in total. The lowest BCUT2D eigenvalue weighted by Gasteiger charge is -2.10. The average Bonchev–Trinajstić information content (AvgIpc) is 2.81. The highest BCUT2D eigenvalue weighted by Gasteiger charge is 2.19. The topological polar surface area (TPSA) is 64.3 Å². The van der Waals surface area contributed by atoms with Crippen LogP contribution in [0.4, 0.5) is 5.00 Å². The van der Waals surface area contributed by atoms with Gasteiger partial charge < -0.3 is 15.8 Å². The maximum atomic E-state index is 12.3. The summed E-state index contributed by atoms with van der Waals surface area (Å²) in [6.45, 7) is 6.43. The molecule has 0 radical (unpaired) electrons. The molecule has 5 heteroatoms. The van der Waals surface area contributed by atoms with Crippen LogP contribution in [0.15, 0.2) is 29.6 Å². The molecule has 0 aliphatic rings. The van der Waals surface area contributed by atoms with E-state index in [-0.39, 0.29) is 11.9 Å². The maximum absolute atomic E-state index is 12.3. The standard InChI is InChI=1S/C16H20N2O2S/c1-4-20-12-7-5-11(6-8-12)13-9-21-15(17)14(13)16(19)18-10(2)3/h5-10H,4,17H2,1-3H3,(H,18,19). The molecule has 2 aromatic rings. The minimum Gasteiger partial charge on any atom is -0.494 e. The Morgan fingerprint density at radius 3 is 2.57 bits per heavy atom. The molecule has 21 heavy (non-hydrogen) atoms. The van der Waals surface area contributed by atoms with Crippen LogP contribution in [-0.4, -0.2) is 18.6 Å². The number of nitrogens with one attached hydrogen (secondary N) is 1. The quantitative estimate of drug-likeness (QED) is 0.888. The molecule has 0 spiro atoms. The molecule has 0 saturated heterocycles. The van der Waals surface area contributed by atoms with Gasteiger partial charge in [-0.15, -0.1) is 11.3 Å². The van der Waals surface area contributed by atoms with E-state index in [1.165, 1.54) is 11.3 Å². The third kappa shape index (κ3) is 3.55. The van der Waals surface area contributed by atoms with Crippen LogP contribution in [0.2, 0.25) is 0 Å². The Morgan fingerprint density at radius 2 is 2.00 bits per heavy atom. The summed E-state index contributed by atoms with van der Waals surface area (Å²) in [4.78, 5) is 12.3. The highest BCUT2D eigenvalue weighted by atomic mass is 32.1. The minimum absolute atomic E-state index is 0.0741. The van der Waals surface area contributed by atoms with Crippen molar-refractivity contribution in [3.8, 4) is 16.9 Å². The number of hydrogen-bond acceptors (Lipinski definition) is 4. The van der Waals surface area contributed by atoms with Crippen molar-refractivity contribution in [1.29, 1.82) is 0 Å². The summed E-state index contributed by atoms with van der Waals surface area (Å²) in [5.74, 6) is 0.685. The fraction of sp³-hybridized carbons (Fsp3) is 0.312. The molecule has 1 heterocycles. The van der Waals surface area contributed by atoms with E-state index >= 15 is 0 Å². The van der Waals surface area contributed by atoms with Gasteiger partial charge in [-0.2, -0.15) is 0 Å². The highest BCUT2D eigenvalue weighted by Crippen LogP contribution is 2.34. The number of benzene rings is 1. The molecule has 0 saturated carbocycles. The van der Waals surface area contributed by atoms with Crippen LogP contribution in [0.1, 0.15) is 31.1 Å². The largest absolute Gasteiger partial charge is 0.494 e. The van der Waals surface area contributed by atoms with Crippen molar-refractivity contribution in [1.82, 2.24) is 5.32 Å². The minimum atomic E-state index is -0.132. The molecule has 0 aliphatic heterocycles. The number of anilines is 1. The van der Waals surface area contributed by atoms with Gasteiger partial charge in [-0.25, -0.2) is 0 Å². The van der Waals surface area contributed by atoms with E-state index in [1.807, 2.05) is 50.4 Å². The summed E-state index contributed by atoms with van der Waals surface area (Å²) in [6, 6.07) is 7.76. The number of rotatable bonds is 5. The lowest BCUT2D eigenvalue weighted by Crippen LogP contribution is -2.30. The summed E-state index contributed by atoms with van der Waals surface area (Å²) in [6.07, 6.45) is 0. The molecule has 112 valence electrons. The first kappa shape index (κ1) is 15.4. The normalized spacial score (nSPS) is 10.7. The lowest BCUT2D eigenvalue weighted by molar-refractivity contribution is 0.0945. The number of amides is 1. The molecule has 0 aliphatic carbocycles. The van der Waals surface area contributed by atoms with E-state index in [1.54, 1.807) is 0 Å². The first-order valence-corrected chi connectivity index (χ1v) is 7.82. The summed E-state index contributed by atoms with van der Waals surface area (Å²) < 4.78 is 5.43. The van der Waals surface area contributed by atoms with Gasteiger partial charge in [0.15, 0.2) is 0 Å². The second-order valence-electron chi connectivity index (χ2n) is 4.97. The van der Waals surface area contributed by atoms with Gasteiger partial charge in [0.05, 0.1) is 17.2 Å². The van der Waals surface area contributed by atoms with Gasteiger partial charge in [-0.1, -0.05) is 12.1 Å². The van der Waals surface area contributed by atoms with Gasteiger partial charge in [-0.3, -0.25) is 4.79 Å². The zero-order valence-electron chi connectivity index (χ0n) is 12.5. The molecular formula is C16H20N2O2S. The SMILES string of the molecule is CCOc1ccc(-c2csc(N)c2C(=O)NC(C)C)cc1. The number of carbonyl (C=O) groups is 1. The van der Waals surface area contributed by atoms with Gasteiger partial charge in [0.25, 0.3) is 5.91 Å². The number of carbonyl (C=O) groups excluding carboxylic acids is 1. The van der Waals surface area contributed by atoms with Crippen molar-refractivity contribution in [2.45, 2.75) is 26.8 Å². The second-order valence-corrected chi connectivity index (χ2v) is 5.89. The van der Waals surface area contributed by atoms with E-state index in [0.717, 1.165) is 16.9 Å². The van der Waals surface area contributed by atoms with E-state index in [0.29, 0.717) is 17.2 Å². The van der Waals surface area contributed by atoms with Crippen LogP contribution in [0.3, 0.4) is 0 Å². The number of hydrogen-bond donors (Lipinski definition) is 2. The first-order chi connectivity index (χ1) is 10.0. The Bertz CT molecular complexity index is 618. The molecule has 0 bridgehead atoms. The van der Waals surface area contributed by atoms with E-state index in [9.17, 15) is 4.79 Å². The Morgan fingerprint density at radius 1 is 1.33 bits per heavy atom. The fourth-order valence-corrected chi connectivity index (χ4v) is 2.87. The van der Waals surface area contributed by atoms with Crippen molar-refractivity contribution in [2.75, 3.05) is 12.3 Å². The second kappa shape index (κ2) is 6.63. The number of thiophene rings is 1. The zero-order chi connectivity index (χ0) is 15.4. The summed E-state index contributed by atoms with van der Waals surface area (Å²) >= 11 is 1.38. The first-order valence-electron chi connectivity index (χ1n) is 6.94. The van der Waals surface area contributed by atoms with E-state index in [4.69, 9.17) is 10.5 Å². The van der Waals surface area contributed by atoms with Gasteiger partial charge in [0.2, 0.25) is 0 Å². The van der Waals surface area contributed by atoms with Gasteiger partial charge in [0, 0.05) is 17.0 Å². The van der Waals surface area contributed by atoms with Crippen LogP contribution >= 0.6 is 11.3 Å². The van der Waals surface area contributed by atoms with Crippen molar-refractivity contribution in [2.24, 2.45) is 0 Å². The lowest BCUT2D eigenvalue weighted by atomic mass is 10.0. The molecule has 0 unspecified atom stereocenters. The third-order valence-electron chi connectivity index (χ3n) is 2.94. The van der Waals surface area contributed by atoms with Crippen molar-refractivity contribution in [3.05, 3.63) is 35.2 Å². The van der Waals surface area contributed by atoms with Crippen LogP contribution in [0.25, 0.3) is 11.1 Å². The highest BCUT2D eigenvalue weighted by molar-refractivity contribution is 7.15. The van der Waals surface area contributed by atoms with Crippen molar-refractivity contribution >= 4 is 22.2 Å². The van der Waals surface area contributed by atoms with Crippen LogP contribution in [0, 0.1) is 0 Å². The Hall–Kier alpha value is -2.01. The van der Waals surface area contributed by atoms with Crippen LogP contribution in [0.5, 0.6) is 5.75 Å². The Balaban J connectivity index is 2.34. The number of nitrogen functional groups attached to an aromatic ring is 1. The monoisotopic (exact) mass is 304 g/mol. The molecule has 1 amide bonds. The number of ether oxygens (including phenoxy) is 1. The average molecular weight is 304 g/mol. The molecule has 1 aromatic carbocycles. The molecular weight excluding hydrogens is 284 g/mol. The van der Waals surface area contributed by atoms with Crippen LogP contribution < -0.4 is 15.8 Å². The van der Waals surface area contributed by atoms with E-state index in [2.05, 4.69) is 5.32 Å². The smallest absolute Gasteiger partial charge is 0.255 e. The molecule has 0 atom stereocenters. The van der Waals surface area contributed by atoms with Crippen molar-refractivity contribution < 1.29 is 9.53 Å². The maximum Gasteiger partial charge on any atom is 0.255 e. The zero-order valence-corrected chi connectivity index (χ0v) is 13.3. The molecule has 2 rings (SSSR count). The Labute approximate surface area is 128 Å². The Kier molecular flexibility index (Phi) is 4.85. The summed E-state index contributed by atoms with van der Waals surface area (Å²) in [7, 11) is 0. The predicted octanol–water partition coefficient (Wildman–Crippen LogP) is 3.53. The fourth-order valence-electron chi connectivity index (χ4n) is 2.05. The van der Waals surface area contributed by atoms with Gasteiger partial charge in [0.1, 0.15) is 5.75 Å². The molecule has 0 fully saturated rings. The predicted molar refractivity (Wildman–Crippen MR) is 87.9 cm³/mol.